The number of nitrogens with one attached hydrogen (secondary N) is 4. The largest absolute Gasteiger partial charge is 0.494 e. The SMILES string of the molecule is COc1ccc2c(O[C@@H]3C[C@H]4C(=O)N[C@]5(C(=O)NS(=O)(=O)C6CC6)C[C@H]5/C=C\CC[C@H](C)C[C@@H](C)[C@H](NNC(=O)OC(C)(C)C(F)(F)F)C(=O)N4C3)nccc2c1F. The molecule has 2 aromatic rings. The molecular formula is C38H48F4N6O9S. The lowest BCUT2D eigenvalue weighted by atomic mass is 9.88. The van der Waals surface area contributed by atoms with Crippen molar-refractivity contribution in [2.75, 3.05) is 13.7 Å². The lowest BCUT2D eigenvalue weighted by Gasteiger charge is -2.33. The maximum absolute atomic E-state index is 15.2. The number of allylic oxidation sites excluding steroid dienone is 1. The molecule has 0 bridgehead atoms. The molecular weight excluding hydrogens is 793 g/mol. The summed E-state index contributed by atoms with van der Waals surface area (Å²) >= 11 is 0. The van der Waals surface area contributed by atoms with Gasteiger partial charge in [0.2, 0.25) is 33.3 Å². The quantitative estimate of drug-likeness (QED) is 0.161. The number of hydrazine groups is 1. The monoisotopic (exact) mass is 840 g/mol. The average molecular weight is 841 g/mol. The molecule has 4 aliphatic rings. The van der Waals surface area contributed by atoms with Crippen molar-refractivity contribution in [1.29, 1.82) is 0 Å². The topological polar surface area (TPSA) is 194 Å². The van der Waals surface area contributed by atoms with E-state index < -0.39 is 92.2 Å². The van der Waals surface area contributed by atoms with Gasteiger partial charge in [0.1, 0.15) is 23.7 Å². The first-order valence-corrected chi connectivity index (χ1v) is 20.7. The third-order valence-electron chi connectivity index (χ3n) is 11.3. The first-order valence-electron chi connectivity index (χ1n) is 19.1. The van der Waals surface area contributed by atoms with Gasteiger partial charge in [0.15, 0.2) is 11.6 Å². The van der Waals surface area contributed by atoms with Gasteiger partial charge in [-0.05, 0) is 82.4 Å². The summed E-state index contributed by atoms with van der Waals surface area (Å²) in [6.45, 7) is 4.74. The number of hydrogen-bond acceptors (Lipinski definition) is 11. The molecule has 2 aliphatic heterocycles. The Morgan fingerprint density at radius 2 is 1.78 bits per heavy atom. The molecule has 15 nitrogen and oxygen atoms in total. The third kappa shape index (κ3) is 8.96. The average Bonchev–Trinajstić information content (AvgIpc) is 4.06. The van der Waals surface area contributed by atoms with Gasteiger partial charge in [0.25, 0.3) is 5.91 Å². The molecule has 0 spiro atoms. The first kappa shape index (κ1) is 42.9. The molecule has 6 rings (SSSR count). The number of ether oxygens (including phenoxy) is 3. The minimum Gasteiger partial charge on any atom is -0.494 e. The number of amides is 4. The van der Waals surface area contributed by atoms with Crippen LogP contribution in [0.4, 0.5) is 22.4 Å². The standard InChI is InChI=1S/C38H48F4N6O9S/c1-20-8-6-7-9-22-18-37(22,34(51)47-58(53,54)24-10-11-24)44-31(49)27-17-23(56-32-26-12-13-28(55-5)29(39)25(26)14-15-43-32)19-48(27)33(50)30(21(2)16-20)45-46-35(52)57-36(3,4)38(40,41)42/h7,9,12-15,20-24,27,30,45H,6,8,10-11,16-19H2,1-5H3,(H,44,49)(H,46,52)(H,47,51)/b9-7-/t20-,21+,22+,23+,27-,30-,37+/m0/s1. The number of alkyl halides is 3. The van der Waals surface area contributed by atoms with E-state index >= 15 is 4.39 Å². The summed E-state index contributed by atoms with van der Waals surface area (Å²) in [5, 5.41) is 2.45. The van der Waals surface area contributed by atoms with Crippen LogP contribution in [0.15, 0.2) is 36.5 Å². The van der Waals surface area contributed by atoms with E-state index in [-0.39, 0.29) is 47.7 Å². The fourth-order valence-electron chi connectivity index (χ4n) is 7.53. The van der Waals surface area contributed by atoms with Crippen LogP contribution in [-0.2, 0) is 29.1 Å². The van der Waals surface area contributed by atoms with E-state index in [9.17, 15) is 40.8 Å². The summed E-state index contributed by atoms with van der Waals surface area (Å²) in [6.07, 6.45) is -0.126. The Bertz CT molecular complexity index is 2080. The molecule has 0 unspecified atom stereocenters. The number of pyridine rings is 1. The van der Waals surface area contributed by atoms with Crippen molar-refractivity contribution >= 4 is 44.6 Å². The second kappa shape index (κ2) is 16.1. The summed E-state index contributed by atoms with van der Waals surface area (Å²) < 4.78 is 99.6. The van der Waals surface area contributed by atoms with Gasteiger partial charge in [0.05, 0.1) is 18.9 Å². The smallest absolute Gasteiger partial charge is 0.427 e. The number of carbonyl (C=O) groups excluding carboxylic acids is 4. The van der Waals surface area contributed by atoms with E-state index in [1.165, 1.54) is 36.4 Å². The van der Waals surface area contributed by atoms with E-state index in [1.807, 2.05) is 13.0 Å². The molecule has 2 aliphatic carbocycles. The zero-order valence-corrected chi connectivity index (χ0v) is 33.5. The highest BCUT2D eigenvalue weighted by Crippen LogP contribution is 2.46. The Hall–Kier alpha value is -4.72. The summed E-state index contributed by atoms with van der Waals surface area (Å²) in [6, 6.07) is 1.71. The van der Waals surface area contributed by atoms with Gasteiger partial charge in [-0.25, -0.2) is 28.0 Å². The fraction of sp³-hybridized carbons (Fsp3) is 0.605. The molecule has 2 saturated carbocycles. The van der Waals surface area contributed by atoms with Gasteiger partial charge in [-0.2, -0.15) is 13.2 Å². The van der Waals surface area contributed by atoms with Crippen molar-refractivity contribution in [1.82, 2.24) is 30.8 Å². The molecule has 318 valence electrons. The van der Waals surface area contributed by atoms with Crippen LogP contribution < -0.4 is 30.4 Å². The second-order valence-corrected chi connectivity index (χ2v) is 18.2. The predicted molar refractivity (Wildman–Crippen MR) is 200 cm³/mol. The predicted octanol–water partition coefficient (Wildman–Crippen LogP) is 4.17. The van der Waals surface area contributed by atoms with Crippen molar-refractivity contribution in [3.05, 3.63) is 42.4 Å². The van der Waals surface area contributed by atoms with Crippen molar-refractivity contribution < 1.29 is 59.4 Å². The van der Waals surface area contributed by atoms with E-state index in [0.29, 0.717) is 46.0 Å². The Kier molecular flexibility index (Phi) is 11.9. The molecule has 7 atom stereocenters. The number of nitrogens with zero attached hydrogens (tertiary/aromatic N) is 2. The first-order chi connectivity index (χ1) is 27.2. The lowest BCUT2D eigenvalue weighted by Crippen LogP contribution is -2.60. The zero-order valence-electron chi connectivity index (χ0n) is 32.7. The molecule has 3 heterocycles. The van der Waals surface area contributed by atoms with Crippen molar-refractivity contribution in [3.63, 3.8) is 0 Å². The van der Waals surface area contributed by atoms with Crippen molar-refractivity contribution in [2.45, 2.75) is 113 Å². The van der Waals surface area contributed by atoms with E-state index in [4.69, 9.17) is 9.47 Å². The maximum atomic E-state index is 15.2. The molecule has 1 saturated heterocycles. The number of sulfonamides is 1. The van der Waals surface area contributed by atoms with Crippen LogP contribution >= 0.6 is 0 Å². The normalized spacial score (nSPS) is 28.9. The van der Waals surface area contributed by atoms with Crippen LogP contribution in [0.5, 0.6) is 11.6 Å². The Labute approximate surface area is 333 Å². The Morgan fingerprint density at radius 1 is 1.05 bits per heavy atom. The highest BCUT2D eigenvalue weighted by molar-refractivity contribution is 7.91. The molecule has 20 heteroatoms. The zero-order chi connectivity index (χ0) is 42.4. The number of carbonyl (C=O) groups is 4. The van der Waals surface area contributed by atoms with Gasteiger partial charge in [-0.1, -0.05) is 26.0 Å². The van der Waals surface area contributed by atoms with Gasteiger partial charge >= 0.3 is 12.3 Å². The second-order valence-electron chi connectivity index (χ2n) is 16.2. The number of rotatable bonds is 9. The summed E-state index contributed by atoms with van der Waals surface area (Å²) in [5.74, 6) is -4.29. The van der Waals surface area contributed by atoms with Crippen molar-refractivity contribution in [2.24, 2.45) is 17.8 Å². The minimum atomic E-state index is -4.90. The summed E-state index contributed by atoms with van der Waals surface area (Å²) in [4.78, 5) is 61.0. The molecule has 1 aromatic heterocycles. The van der Waals surface area contributed by atoms with Gasteiger partial charge in [-0.15, -0.1) is 0 Å². The van der Waals surface area contributed by atoms with Crippen LogP contribution in [0.1, 0.15) is 72.6 Å². The molecule has 0 radical (unpaired) electrons. The van der Waals surface area contributed by atoms with Crippen LogP contribution in [0.25, 0.3) is 10.8 Å². The van der Waals surface area contributed by atoms with Crippen LogP contribution in [0, 0.1) is 23.6 Å². The summed E-state index contributed by atoms with van der Waals surface area (Å²) in [7, 11) is -2.68. The molecule has 4 amide bonds. The molecule has 1 aromatic carbocycles. The van der Waals surface area contributed by atoms with Gasteiger partial charge in [-0.3, -0.25) is 24.5 Å². The number of hydrogen-bond donors (Lipinski definition) is 4. The number of benzene rings is 1. The Morgan fingerprint density at radius 3 is 2.45 bits per heavy atom. The lowest BCUT2D eigenvalue weighted by molar-refractivity contribution is -0.244. The van der Waals surface area contributed by atoms with E-state index in [1.54, 1.807) is 13.0 Å². The number of methoxy groups -OCH3 is 1. The maximum Gasteiger partial charge on any atom is 0.427 e. The highest BCUT2D eigenvalue weighted by atomic mass is 32.2. The minimum absolute atomic E-state index is 0.0123. The van der Waals surface area contributed by atoms with E-state index in [0.717, 1.165) is 0 Å². The number of fused-ring (bicyclic) bond motifs is 3. The highest BCUT2D eigenvalue weighted by Gasteiger charge is 2.62. The van der Waals surface area contributed by atoms with Gasteiger partial charge in [0, 0.05) is 29.3 Å². The van der Waals surface area contributed by atoms with Gasteiger partial charge < -0.3 is 24.4 Å². The molecule has 58 heavy (non-hydrogen) atoms. The van der Waals surface area contributed by atoms with Crippen LogP contribution in [0.2, 0.25) is 0 Å². The fourth-order valence-corrected chi connectivity index (χ4v) is 8.89. The molecule has 3 fully saturated rings. The molecule has 4 N–H and O–H groups in total. The van der Waals surface area contributed by atoms with Crippen molar-refractivity contribution in [3.8, 4) is 11.6 Å². The van der Waals surface area contributed by atoms with E-state index in [2.05, 4.69) is 30.6 Å². The summed E-state index contributed by atoms with van der Waals surface area (Å²) in [5.41, 5.74) is 0.123. The van der Waals surface area contributed by atoms with Crippen LogP contribution in [0.3, 0.4) is 0 Å². The van der Waals surface area contributed by atoms with Crippen LogP contribution in [-0.4, -0.2) is 96.5 Å². The number of halogens is 4. The Balaban J connectivity index is 1.33. The number of aromatic nitrogens is 1. The third-order valence-corrected chi connectivity index (χ3v) is 13.1.